The van der Waals surface area contributed by atoms with E-state index < -0.39 is 0 Å². The Morgan fingerprint density at radius 1 is 1.25 bits per heavy atom. The average molecular weight is 271 g/mol. The number of benzene rings is 1. The average Bonchev–Trinajstić information content (AvgIpc) is 2.47. The van der Waals surface area contributed by atoms with Gasteiger partial charge in [0.25, 0.3) is 5.91 Å². The summed E-state index contributed by atoms with van der Waals surface area (Å²) < 4.78 is 10.9. The van der Waals surface area contributed by atoms with Crippen molar-refractivity contribution in [3.63, 3.8) is 0 Å². The van der Waals surface area contributed by atoms with Crippen molar-refractivity contribution in [1.29, 1.82) is 0 Å². The second-order valence-corrected chi connectivity index (χ2v) is 4.33. The summed E-state index contributed by atoms with van der Waals surface area (Å²) in [7, 11) is 0. The Bertz CT molecular complexity index is 658. The first-order valence-corrected chi connectivity index (χ1v) is 6.21. The maximum atomic E-state index is 12.1. The molecule has 6 nitrogen and oxygen atoms in total. The maximum absolute atomic E-state index is 12.1. The van der Waals surface area contributed by atoms with Gasteiger partial charge in [-0.15, -0.1) is 0 Å². The van der Waals surface area contributed by atoms with Crippen LogP contribution in [-0.2, 0) is 0 Å². The lowest BCUT2D eigenvalue weighted by atomic mass is 10.2. The molecule has 1 aromatic carbocycles. The van der Waals surface area contributed by atoms with Crippen LogP contribution in [0.25, 0.3) is 0 Å². The van der Waals surface area contributed by atoms with Gasteiger partial charge < -0.3 is 14.8 Å². The van der Waals surface area contributed by atoms with Crippen LogP contribution in [0.15, 0.2) is 30.7 Å². The summed E-state index contributed by atoms with van der Waals surface area (Å²) >= 11 is 0. The van der Waals surface area contributed by atoms with Gasteiger partial charge in [0.15, 0.2) is 11.5 Å². The molecule has 0 fully saturated rings. The largest absolute Gasteiger partial charge is 0.486 e. The summed E-state index contributed by atoms with van der Waals surface area (Å²) in [5.41, 5.74) is 1.72. The van der Waals surface area contributed by atoms with E-state index in [2.05, 4.69) is 15.3 Å². The Labute approximate surface area is 115 Å². The molecular weight excluding hydrogens is 258 g/mol. The maximum Gasteiger partial charge on any atom is 0.259 e. The number of carbonyl (C=O) groups is 1. The lowest BCUT2D eigenvalue weighted by Crippen LogP contribution is -2.17. The van der Waals surface area contributed by atoms with E-state index in [1.165, 1.54) is 12.5 Å². The third kappa shape index (κ3) is 2.40. The van der Waals surface area contributed by atoms with Crippen molar-refractivity contribution < 1.29 is 14.3 Å². The summed E-state index contributed by atoms with van der Waals surface area (Å²) in [6.07, 6.45) is 2.91. The molecule has 20 heavy (non-hydrogen) atoms. The van der Waals surface area contributed by atoms with Crippen molar-refractivity contribution in [1.82, 2.24) is 9.97 Å². The highest BCUT2D eigenvalue weighted by atomic mass is 16.6. The zero-order valence-electron chi connectivity index (χ0n) is 10.9. The van der Waals surface area contributed by atoms with Gasteiger partial charge in [0, 0.05) is 18.0 Å². The zero-order valence-corrected chi connectivity index (χ0v) is 10.9. The summed E-state index contributed by atoms with van der Waals surface area (Å²) in [5, 5.41) is 2.79. The highest BCUT2D eigenvalue weighted by molar-refractivity contribution is 6.04. The smallest absolute Gasteiger partial charge is 0.259 e. The summed E-state index contributed by atoms with van der Waals surface area (Å²) in [4.78, 5) is 20.0. The van der Waals surface area contributed by atoms with Crippen LogP contribution in [0.3, 0.4) is 0 Å². The number of hydrogen-bond acceptors (Lipinski definition) is 5. The molecule has 0 saturated heterocycles. The number of rotatable bonds is 2. The van der Waals surface area contributed by atoms with E-state index in [1.54, 1.807) is 25.1 Å². The third-order valence-electron chi connectivity index (χ3n) is 2.96. The standard InChI is InChI=1S/C14H13N3O3/c1-9-11(7-15-8-16-9)14(18)17-10-2-3-12-13(6-10)20-5-4-19-12/h2-3,6-8H,4-5H2,1H3,(H,17,18). The number of amides is 1. The van der Waals surface area contributed by atoms with E-state index in [-0.39, 0.29) is 5.91 Å². The topological polar surface area (TPSA) is 73.3 Å². The van der Waals surface area contributed by atoms with Gasteiger partial charge in [0.1, 0.15) is 19.5 Å². The molecule has 1 amide bonds. The van der Waals surface area contributed by atoms with E-state index in [0.29, 0.717) is 41.7 Å². The first-order valence-electron chi connectivity index (χ1n) is 6.21. The normalized spacial score (nSPS) is 12.8. The molecule has 1 aliphatic rings. The number of aryl methyl sites for hydroxylation is 1. The molecule has 2 aromatic rings. The number of nitrogens with zero attached hydrogens (tertiary/aromatic N) is 2. The summed E-state index contributed by atoms with van der Waals surface area (Å²) in [6, 6.07) is 5.29. The van der Waals surface area contributed by atoms with Gasteiger partial charge in [0.05, 0.1) is 11.3 Å². The number of carbonyl (C=O) groups excluding carboxylic acids is 1. The fraction of sp³-hybridized carbons (Fsp3) is 0.214. The first kappa shape index (κ1) is 12.4. The van der Waals surface area contributed by atoms with Crippen LogP contribution in [-0.4, -0.2) is 29.1 Å². The molecule has 102 valence electrons. The van der Waals surface area contributed by atoms with Gasteiger partial charge in [-0.3, -0.25) is 4.79 Å². The van der Waals surface area contributed by atoms with E-state index in [4.69, 9.17) is 9.47 Å². The Morgan fingerprint density at radius 2 is 2.05 bits per heavy atom. The lowest BCUT2D eigenvalue weighted by Gasteiger charge is -2.19. The Kier molecular flexibility index (Phi) is 3.20. The number of fused-ring (bicyclic) bond motifs is 1. The Balaban J connectivity index is 1.81. The fourth-order valence-electron chi connectivity index (χ4n) is 1.93. The van der Waals surface area contributed by atoms with E-state index >= 15 is 0 Å². The van der Waals surface area contributed by atoms with Crippen LogP contribution in [0, 0.1) is 6.92 Å². The molecule has 0 aliphatic carbocycles. The van der Waals surface area contributed by atoms with E-state index in [0.717, 1.165) is 0 Å². The van der Waals surface area contributed by atoms with Crippen LogP contribution in [0.1, 0.15) is 16.1 Å². The molecule has 6 heteroatoms. The van der Waals surface area contributed by atoms with Crippen molar-refractivity contribution in [2.75, 3.05) is 18.5 Å². The van der Waals surface area contributed by atoms with Gasteiger partial charge in [-0.1, -0.05) is 0 Å². The van der Waals surface area contributed by atoms with Gasteiger partial charge >= 0.3 is 0 Å². The molecule has 3 rings (SSSR count). The highest BCUT2D eigenvalue weighted by Crippen LogP contribution is 2.32. The van der Waals surface area contributed by atoms with Gasteiger partial charge in [-0.05, 0) is 19.1 Å². The minimum absolute atomic E-state index is 0.250. The SMILES string of the molecule is Cc1ncncc1C(=O)Nc1ccc2c(c1)OCCO2. The van der Waals surface area contributed by atoms with Gasteiger partial charge in [-0.25, -0.2) is 9.97 Å². The number of nitrogens with one attached hydrogen (secondary N) is 1. The number of anilines is 1. The van der Waals surface area contributed by atoms with E-state index in [1.807, 2.05) is 0 Å². The van der Waals surface area contributed by atoms with E-state index in [9.17, 15) is 4.79 Å². The lowest BCUT2D eigenvalue weighted by molar-refractivity contribution is 0.102. The van der Waals surface area contributed by atoms with Crippen LogP contribution in [0.2, 0.25) is 0 Å². The molecule has 0 atom stereocenters. The monoisotopic (exact) mass is 271 g/mol. The summed E-state index contributed by atoms with van der Waals surface area (Å²) in [6.45, 7) is 2.82. The number of aromatic nitrogens is 2. The molecule has 0 spiro atoms. The minimum atomic E-state index is -0.250. The Hall–Kier alpha value is -2.63. The third-order valence-corrected chi connectivity index (χ3v) is 2.96. The molecule has 1 aliphatic heterocycles. The first-order chi connectivity index (χ1) is 9.74. The van der Waals surface area contributed by atoms with Crippen molar-refractivity contribution >= 4 is 11.6 Å². The molecule has 1 N–H and O–H groups in total. The van der Waals surface area contributed by atoms with Crippen molar-refractivity contribution in [3.8, 4) is 11.5 Å². The highest BCUT2D eigenvalue weighted by Gasteiger charge is 2.14. The van der Waals surface area contributed by atoms with Crippen molar-refractivity contribution in [3.05, 3.63) is 42.0 Å². The van der Waals surface area contributed by atoms with Crippen LogP contribution in [0.5, 0.6) is 11.5 Å². The molecular formula is C14H13N3O3. The van der Waals surface area contributed by atoms with Gasteiger partial charge in [0.2, 0.25) is 0 Å². The molecule has 1 aromatic heterocycles. The molecule has 0 bridgehead atoms. The number of ether oxygens (including phenoxy) is 2. The van der Waals surface area contributed by atoms with Crippen LogP contribution < -0.4 is 14.8 Å². The number of hydrogen-bond donors (Lipinski definition) is 1. The molecule has 0 radical (unpaired) electrons. The minimum Gasteiger partial charge on any atom is -0.486 e. The summed E-state index contributed by atoms with van der Waals surface area (Å²) in [5.74, 6) is 1.07. The van der Waals surface area contributed by atoms with Crippen LogP contribution in [0.4, 0.5) is 5.69 Å². The zero-order chi connectivity index (χ0) is 13.9. The van der Waals surface area contributed by atoms with Crippen LogP contribution >= 0.6 is 0 Å². The Morgan fingerprint density at radius 3 is 2.85 bits per heavy atom. The molecule has 0 unspecified atom stereocenters. The molecule has 2 heterocycles. The molecule has 0 saturated carbocycles. The predicted octanol–water partition coefficient (Wildman–Crippen LogP) is 1.81. The quantitative estimate of drug-likeness (QED) is 0.901. The second kappa shape index (κ2) is 5.16. The van der Waals surface area contributed by atoms with Gasteiger partial charge in [-0.2, -0.15) is 0 Å². The van der Waals surface area contributed by atoms with Crippen molar-refractivity contribution in [2.24, 2.45) is 0 Å². The predicted molar refractivity (Wildman–Crippen MR) is 72.2 cm³/mol. The second-order valence-electron chi connectivity index (χ2n) is 4.33. The van der Waals surface area contributed by atoms with Crippen molar-refractivity contribution in [2.45, 2.75) is 6.92 Å². The fourth-order valence-corrected chi connectivity index (χ4v) is 1.93.